The highest BCUT2D eigenvalue weighted by Gasteiger charge is 2.27. The molecule has 1 N–H and O–H groups in total. The number of aromatic carboxylic acids is 1. The van der Waals surface area contributed by atoms with Gasteiger partial charge in [0.1, 0.15) is 0 Å². The molecule has 0 spiro atoms. The lowest BCUT2D eigenvalue weighted by atomic mass is 9.94. The minimum Gasteiger partial charge on any atom is -0.478 e. The number of amides is 2. The van der Waals surface area contributed by atoms with Crippen LogP contribution in [0.25, 0.3) is 0 Å². The topological polar surface area (TPSA) is 60.9 Å². The number of hydrogen-bond donors (Lipinski definition) is 1. The molecule has 1 aromatic carbocycles. The van der Waals surface area contributed by atoms with Gasteiger partial charge in [0.05, 0.1) is 5.56 Å². The molecule has 0 aliphatic carbocycles. The molecule has 1 aromatic rings. The van der Waals surface area contributed by atoms with E-state index in [2.05, 4.69) is 6.08 Å². The molecule has 0 atom stereocenters. The number of carbonyl (C=O) groups excluding carboxylic acids is 1. The zero-order valence-corrected chi connectivity index (χ0v) is 11.8. The van der Waals surface area contributed by atoms with E-state index < -0.39 is 5.97 Å². The predicted molar refractivity (Wildman–Crippen MR) is 78.2 cm³/mol. The van der Waals surface area contributed by atoms with Gasteiger partial charge in [0.15, 0.2) is 0 Å². The summed E-state index contributed by atoms with van der Waals surface area (Å²) < 4.78 is 0. The number of benzene rings is 1. The summed E-state index contributed by atoms with van der Waals surface area (Å²) in [4.78, 5) is 27.4. The molecule has 2 amide bonds. The van der Waals surface area contributed by atoms with Crippen LogP contribution in [0.5, 0.6) is 0 Å². The van der Waals surface area contributed by atoms with E-state index in [-0.39, 0.29) is 6.03 Å². The molecule has 0 unspecified atom stereocenters. The van der Waals surface area contributed by atoms with Gasteiger partial charge in [-0.15, -0.1) is 0 Å². The first-order valence-electron chi connectivity index (χ1n) is 7.19. The summed E-state index contributed by atoms with van der Waals surface area (Å²) in [5.41, 5.74) is 2.18. The molecule has 110 valence electrons. The molecule has 5 nitrogen and oxygen atoms in total. The van der Waals surface area contributed by atoms with Gasteiger partial charge in [-0.3, -0.25) is 0 Å². The van der Waals surface area contributed by atoms with Crippen LogP contribution in [0.4, 0.5) is 4.79 Å². The monoisotopic (exact) mass is 286 g/mol. The largest absolute Gasteiger partial charge is 0.478 e. The van der Waals surface area contributed by atoms with E-state index in [1.807, 2.05) is 21.9 Å². The summed E-state index contributed by atoms with van der Waals surface area (Å²) >= 11 is 0. The number of nitrogens with zero attached hydrogens (tertiary/aromatic N) is 2. The summed E-state index contributed by atoms with van der Waals surface area (Å²) in [6.45, 7) is 2.50. The van der Waals surface area contributed by atoms with Crippen molar-refractivity contribution in [3.63, 3.8) is 0 Å². The Balaban J connectivity index is 1.78. The predicted octanol–water partition coefficient (Wildman–Crippen LogP) is 2.12. The van der Waals surface area contributed by atoms with Crippen molar-refractivity contribution in [2.75, 3.05) is 19.6 Å². The molecule has 0 aromatic heterocycles. The summed E-state index contributed by atoms with van der Waals surface area (Å²) in [5.74, 6) is -0.896. The Kier molecular flexibility index (Phi) is 3.64. The van der Waals surface area contributed by atoms with E-state index in [1.165, 1.54) is 0 Å². The number of urea groups is 1. The molecule has 0 saturated heterocycles. The lowest BCUT2D eigenvalue weighted by molar-refractivity contribution is 0.0695. The van der Waals surface area contributed by atoms with Crippen LogP contribution < -0.4 is 0 Å². The number of carboxylic acids is 1. The van der Waals surface area contributed by atoms with Gasteiger partial charge in [-0.25, -0.2) is 9.59 Å². The maximum absolute atomic E-state index is 12.5. The van der Waals surface area contributed by atoms with Crippen LogP contribution in [-0.2, 0) is 13.0 Å². The van der Waals surface area contributed by atoms with Gasteiger partial charge in [0, 0.05) is 26.2 Å². The third kappa shape index (κ3) is 2.63. The molecule has 21 heavy (non-hydrogen) atoms. The summed E-state index contributed by atoms with van der Waals surface area (Å²) in [7, 11) is 0. The van der Waals surface area contributed by atoms with E-state index in [9.17, 15) is 14.7 Å². The third-order valence-electron chi connectivity index (χ3n) is 4.10. The van der Waals surface area contributed by atoms with Crippen LogP contribution in [0.2, 0.25) is 0 Å². The van der Waals surface area contributed by atoms with Crippen LogP contribution in [0.1, 0.15) is 27.9 Å². The first-order chi connectivity index (χ1) is 10.2. The van der Waals surface area contributed by atoms with Gasteiger partial charge in [0.2, 0.25) is 0 Å². The van der Waals surface area contributed by atoms with Crippen molar-refractivity contribution in [1.29, 1.82) is 0 Å². The second-order valence-corrected chi connectivity index (χ2v) is 5.41. The van der Waals surface area contributed by atoms with Crippen LogP contribution >= 0.6 is 0 Å². The smallest absolute Gasteiger partial charge is 0.335 e. The summed E-state index contributed by atoms with van der Waals surface area (Å²) in [6, 6.07) is 5.34. The fraction of sp³-hybridized carbons (Fsp3) is 0.375. The first kappa shape index (κ1) is 13.7. The average molecular weight is 286 g/mol. The maximum atomic E-state index is 12.5. The standard InChI is InChI=1S/C16H18N2O3/c19-15(20)14-6-4-5-12-11-18(10-7-13(12)14)16(21)17-8-2-1-3-9-17/h1-2,4-6H,3,7-11H2,(H,19,20). The van der Waals surface area contributed by atoms with Crippen molar-refractivity contribution in [2.24, 2.45) is 0 Å². The molecule has 2 heterocycles. The van der Waals surface area contributed by atoms with Gasteiger partial charge >= 0.3 is 12.0 Å². The van der Waals surface area contributed by atoms with E-state index in [0.717, 1.165) is 24.1 Å². The summed E-state index contributed by atoms with van der Waals surface area (Å²) in [6.07, 6.45) is 5.61. The van der Waals surface area contributed by atoms with Gasteiger partial charge in [-0.05, 0) is 30.0 Å². The quantitative estimate of drug-likeness (QED) is 0.804. The first-order valence-corrected chi connectivity index (χ1v) is 7.19. The molecule has 0 bridgehead atoms. The fourth-order valence-corrected chi connectivity index (χ4v) is 2.99. The minimum absolute atomic E-state index is 0.0470. The highest BCUT2D eigenvalue weighted by molar-refractivity contribution is 5.90. The van der Waals surface area contributed by atoms with Crippen molar-refractivity contribution in [3.05, 3.63) is 47.0 Å². The lowest BCUT2D eigenvalue weighted by Gasteiger charge is -2.34. The Hall–Kier alpha value is -2.30. The van der Waals surface area contributed by atoms with Crippen molar-refractivity contribution in [2.45, 2.75) is 19.4 Å². The van der Waals surface area contributed by atoms with Gasteiger partial charge in [-0.1, -0.05) is 24.3 Å². The van der Waals surface area contributed by atoms with E-state index in [0.29, 0.717) is 31.6 Å². The molecule has 0 saturated carbocycles. The second kappa shape index (κ2) is 5.60. The van der Waals surface area contributed by atoms with Crippen LogP contribution in [0.3, 0.4) is 0 Å². The van der Waals surface area contributed by atoms with Gasteiger partial charge < -0.3 is 14.9 Å². The van der Waals surface area contributed by atoms with Crippen molar-refractivity contribution in [1.82, 2.24) is 9.80 Å². The molecule has 2 aliphatic rings. The number of carboxylic acid groups (broad SMARTS) is 1. The molecule has 0 fully saturated rings. The van der Waals surface area contributed by atoms with Crippen molar-refractivity contribution >= 4 is 12.0 Å². The van der Waals surface area contributed by atoms with Crippen LogP contribution in [0, 0.1) is 0 Å². The minimum atomic E-state index is -0.896. The van der Waals surface area contributed by atoms with Crippen LogP contribution in [0.15, 0.2) is 30.4 Å². The Bertz CT molecular complexity index is 610. The Morgan fingerprint density at radius 3 is 2.67 bits per heavy atom. The molecule has 5 heteroatoms. The summed E-state index contributed by atoms with van der Waals surface area (Å²) in [5, 5.41) is 9.22. The number of fused-ring (bicyclic) bond motifs is 1. The molecule has 0 radical (unpaired) electrons. The molecule has 3 rings (SSSR count). The second-order valence-electron chi connectivity index (χ2n) is 5.41. The van der Waals surface area contributed by atoms with Gasteiger partial charge in [-0.2, -0.15) is 0 Å². The Labute approximate surface area is 123 Å². The maximum Gasteiger partial charge on any atom is 0.335 e. The highest BCUT2D eigenvalue weighted by Crippen LogP contribution is 2.23. The molecular weight excluding hydrogens is 268 g/mol. The SMILES string of the molecule is O=C(O)c1cccc2c1CCN(C(=O)N1CC=CCC1)C2. The number of rotatable bonds is 1. The fourth-order valence-electron chi connectivity index (χ4n) is 2.99. The molecule has 2 aliphatic heterocycles. The normalized spacial score (nSPS) is 17.5. The van der Waals surface area contributed by atoms with E-state index in [4.69, 9.17) is 0 Å². The highest BCUT2D eigenvalue weighted by atomic mass is 16.4. The zero-order valence-electron chi connectivity index (χ0n) is 11.8. The van der Waals surface area contributed by atoms with E-state index >= 15 is 0 Å². The average Bonchev–Trinajstić information content (AvgIpc) is 2.53. The molecular formula is C16H18N2O3. The Morgan fingerprint density at radius 2 is 1.95 bits per heavy atom. The van der Waals surface area contributed by atoms with Crippen LogP contribution in [-0.4, -0.2) is 46.5 Å². The van der Waals surface area contributed by atoms with Crippen molar-refractivity contribution in [3.8, 4) is 0 Å². The lowest BCUT2D eigenvalue weighted by Crippen LogP contribution is -2.46. The van der Waals surface area contributed by atoms with Crippen molar-refractivity contribution < 1.29 is 14.7 Å². The Morgan fingerprint density at radius 1 is 1.10 bits per heavy atom. The third-order valence-corrected chi connectivity index (χ3v) is 4.10. The zero-order chi connectivity index (χ0) is 14.8. The van der Waals surface area contributed by atoms with E-state index in [1.54, 1.807) is 12.1 Å². The van der Waals surface area contributed by atoms with Gasteiger partial charge in [0.25, 0.3) is 0 Å². The number of hydrogen-bond acceptors (Lipinski definition) is 2. The number of carbonyl (C=O) groups is 2.